The first-order valence-corrected chi connectivity index (χ1v) is 7.29. The minimum Gasteiger partial charge on any atom is -0.341 e. The van der Waals surface area contributed by atoms with E-state index in [-0.39, 0.29) is 23.6 Å². The van der Waals surface area contributed by atoms with E-state index in [1.54, 1.807) is 22.7 Å². The standard InChI is InChI=1S/C13H22N6O2/c1-4-18(5-2)13(21)9(3)15-12(20)11-8-19(17-16-11)10-6-14-7-10/h8-10,14H,4-7H2,1-3H3,(H,15,20). The number of rotatable bonds is 6. The molecule has 2 rings (SSSR count). The van der Waals surface area contributed by atoms with Crippen molar-refractivity contribution < 1.29 is 9.59 Å². The number of hydrogen-bond donors (Lipinski definition) is 2. The van der Waals surface area contributed by atoms with E-state index in [4.69, 9.17) is 0 Å². The highest BCUT2D eigenvalue weighted by molar-refractivity contribution is 5.95. The molecule has 0 aliphatic carbocycles. The average Bonchev–Trinajstić information content (AvgIpc) is 2.87. The van der Waals surface area contributed by atoms with E-state index in [9.17, 15) is 9.59 Å². The monoisotopic (exact) mass is 294 g/mol. The number of likely N-dealkylation sites (N-methyl/N-ethyl adjacent to an activating group) is 1. The minimum absolute atomic E-state index is 0.0936. The van der Waals surface area contributed by atoms with Crippen LogP contribution < -0.4 is 10.6 Å². The zero-order valence-corrected chi connectivity index (χ0v) is 12.7. The Morgan fingerprint density at radius 3 is 2.67 bits per heavy atom. The molecule has 8 nitrogen and oxygen atoms in total. The average molecular weight is 294 g/mol. The number of carbonyl (C=O) groups is 2. The van der Waals surface area contributed by atoms with E-state index >= 15 is 0 Å². The van der Waals surface area contributed by atoms with Crippen LogP contribution in [-0.2, 0) is 4.79 Å². The van der Waals surface area contributed by atoms with Crippen LogP contribution >= 0.6 is 0 Å². The lowest BCUT2D eigenvalue weighted by molar-refractivity contribution is -0.132. The zero-order chi connectivity index (χ0) is 15.4. The summed E-state index contributed by atoms with van der Waals surface area (Å²) in [6.07, 6.45) is 1.62. The summed E-state index contributed by atoms with van der Waals surface area (Å²) in [7, 11) is 0. The number of nitrogens with one attached hydrogen (secondary N) is 2. The maximum atomic E-state index is 12.1. The predicted octanol–water partition coefficient (Wildman–Crippen LogP) is -0.591. The number of amides is 2. The van der Waals surface area contributed by atoms with Crippen LogP contribution in [0.4, 0.5) is 0 Å². The number of nitrogens with zero attached hydrogens (tertiary/aromatic N) is 4. The fourth-order valence-corrected chi connectivity index (χ4v) is 2.16. The van der Waals surface area contributed by atoms with E-state index < -0.39 is 6.04 Å². The van der Waals surface area contributed by atoms with E-state index in [2.05, 4.69) is 20.9 Å². The Labute approximate surface area is 123 Å². The molecule has 1 unspecified atom stereocenters. The first kappa shape index (κ1) is 15.4. The van der Waals surface area contributed by atoms with Gasteiger partial charge >= 0.3 is 0 Å². The van der Waals surface area contributed by atoms with Gasteiger partial charge in [0.25, 0.3) is 5.91 Å². The third-order valence-corrected chi connectivity index (χ3v) is 3.67. The van der Waals surface area contributed by atoms with E-state index in [1.165, 1.54) is 0 Å². The van der Waals surface area contributed by atoms with Gasteiger partial charge in [-0.25, -0.2) is 4.68 Å². The van der Waals surface area contributed by atoms with Crippen molar-refractivity contribution in [3.63, 3.8) is 0 Å². The molecular formula is C13H22N6O2. The molecular weight excluding hydrogens is 272 g/mol. The Balaban J connectivity index is 1.93. The van der Waals surface area contributed by atoms with Gasteiger partial charge < -0.3 is 15.5 Å². The van der Waals surface area contributed by atoms with Gasteiger partial charge in [-0.05, 0) is 20.8 Å². The van der Waals surface area contributed by atoms with Crippen LogP contribution in [0.2, 0.25) is 0 Å². The molecule has 116 valence electrons. The van der Waals surface area contributed by atoms with E-state index in [0.717, 1.165) is 13.1 Å². The quantitative estimate of drug-likeness (QED) is 0.731. The lowest BCUT2D eigenvalue weighted by atomic mass is 10.2. The summed E-state index contributed by atoms with van der Waals surface area (Å²) >= 11 is 0. The van der Waals surface area contributed by atoms with Gasteiger partial charge in [0.15, 0.2) is 5.69 Å². The van der Waals surface area contributed by atoms with Crippen LogP contribution in [0.3, 0.4) is 0 Å². The summed E-state index contributed by atoms with van der Waals surface area (Å²) in [5, 5.41) is 13.6. The largest absolute Gasteiger partial charge is 0.341 e. The van der Waals surface area contributed by atoms with Gasteiger partial charge in [-0.3, -0.25) is 9.59 Å². The first-order valence-electron chi connectivity index (χ1n) is 7.29. The number of aromatic nitrogens is 3. The van der Waals surface area contributed by atoms with Crippen LogP contribution in [-0.4, -0.2) is 63.9 Å². The molecule has 2 amide bonds. The van der Waals surface area contributed by atoms with Crippen LogP contribution in [0.25, 0.3) is 0 Å². The van der Waals surface area contributed by atoms with Gasteiger partial charge in [0, 0.05) is 26.2 Å². The molecule has 1 aromatic rings. The molecule has 1 fully saturated rings. The SMILES string of the molecule is CCN(CC)C(=O)C(C)NC(=O)c1cn(C2CNC2)nn1. The van der Waals surface area contributed by atoms with Crippen LogP contribution in [0, 0.1) is 0 Å². The molecule has 0 bridgehead atoms. The Morgan fingerprint density at radius 2 is 2.14 bits per heavy atom. The topological polar surface area (TPSA) is 92.2 Å². The van der Waals surface area contributed by atoms with Crippen LogP contribution in [0.5, 0.6) is 0 Å². The molecule has 2 heterocycles. The van der Waals surface area contributed by atoms with Gasteiger partial charge in [0.2, 0.25) is 5.91 Å². The van der Waals surface area contributed by atoms with Crippen molar-refractivity contribution in [1.82, 2.24) is 30.5 Å². The maximum Gasteiger partial charge on any atom is 0.274 e. The van der Waals surface area contributed by atoms with Crippen molar-refractivity contribution >= 4 is 11.8 Å². The molecule has 1 aliphatic rings. The smallest absolute Gasteiger partial charge is 0.274 e. The molecule has 0 radical (unpaired) electrons. The summed E-state index contributed by atoms with van der Waals surface area (Å²) in [6, 6.07) is -0.318. The summed E-state index contributed by atoms with van der Waals surface area (Å²) in [5.74, 6) is -0.467. The Kier molecular flexibility index (Phi) is 4.89. The second-order valence-corrected chi connectivity index (χ2v) is 5.10. The third-order valence-electron chi connectivity index (χ3n) is 3.67. The highest BCUT2D eigenvalue weighted by Crippen LogP contribution is 2.09. The molecule has 0 spiro atoms. The maximum absolute atomic E-state index is 12.1. The van der Waals surface area contributed by atoms with Gasteiger partial charge in [-0.2, -0.15) is 0 Å². The molecule has 2 N–H and O–H groups in total. The van der Waals surface area contributed by atoms with Gasteiger partial charge in [-0.15, -0.1) is 5.10 Å². The van der Waals surface area contributed by atoms with Gasteiger partial charge in [-0.1, -0.05) is 5.21 Å². The molecule has 0 saturated carbocycles. The van der Waals surface area contributed by atoms with E-state index in [1.807, 2.05) is 13.8 Å². The summed E-state index contributed by atoms with van der Waals surface area (Å²) < 4.78 is 1.68. The summed E-state index contributed by atoms with van der Waals surface area (Å²) in [5.41, 5.74) is 0.237. The summed E-state index contributed by atoms with van der Waals surface area (Å²) in [4.78, 5) is 25.9. The molecule has 1 saturated heterocycles. The molecule has 1 atom stereocenters. The minimum atomic E-state index is -0.576. The predicted molar refractivity (Wildman–Crippen MR) is 76.8 cm³/mol. The Morgan fingerprint density at radius 1 is 1.48 bits per heavy atom. The fraction of sp³-hybridized carbons (Fsp3) is 0.692. The van der Waals surface area contributed by atoms with Crippen LogP contribution in [0.15, 0.2) is 6.20 Å². The number of hydrogen-bond acceptors (Lipinski definition) is 5. The van der Waals surface area contributed by atoms with Crippen molar-refractivity contribution in [2.45, 2.75) is 32.9 Å². The number of carbonyl (C=O) groups excluding carboxylic acids is 2. The molecule has 1 aliphatic heterocycles. The molecule has 21 heavy (non-hydrogen) atoms. The Hall–Kier alpha value is -1.96. The third kappa shape index (κ3) is 3.38. The second kappa shape index (κ2) is 6.66. The zero-order valence-electron chi connectivity index (χ0n) is 12.7. The van der Waals surface area contributed by atoms with Crippen molar-refractivity contribution in [3.8, 4) is 0 Å². The summed E-state index contributed by atoms with van der Waals surface area (Å²) in [6.45, 7) is 8.42. The molecule has 0 aromatic carbocycles. The van der Waals surface area contributed by atoms with Crippen molar-refractivity contribution in [3.05, 3.63) is 11.9 Å². The lowest BCUT2D eigenvalue weighted by Gasteiger charge is -2.26. The van der Waals surface area contributed by atoms with Crippen molar-refractivity contribution in [2.75, 3.05) is 26.2 Å². The highest BCUT2D eigenvalue weighted by Gasteiger charge is 2.24. The normalized spacial score (nSPS) is 16.1. The van der Waals surface area contributed by atoms with Crippen molar-refractivity contribution in [1.29, 1.82) is 0 Å². The van der Waals surface area contributed by atoms with Gasteiger partial charge in [0.1, 0.15) is 6.04 Å². The lowest BCUT2D eigenvalue weighted by Crippen LogP contribution is -2.47. The second-order valence-electron chi connectivity index (χ2n) is 5.10. The molecule has 1 aromatic heterocycles. The highest BCUT2D eigenvalue weighted by atomic mass is 16.2. The van der Waals surface area contributed by atoms with Gasteiger partial charge in [0.05, 0.1) is 12.2 Å². The van der Waals surface area contributed by atoms with Crippen LogP contribution in [0.1, 0.15) is 37.3 Å². The Bertz CT molecular complexity index is 507. The van der Waals surface area contributed by atoms with E-state index in [0.29, 0.717) is 13.1 Å². The molecule has 8 heteroatoms. The first-order chi connectivity index (χ1) is 10.1. The van der Waals surface area contributed by atoms with Crippen molar-refractivity contribution in [2.24, 2.45) is 0 Å². The fourth-order valence-electron chi connectivity index (χ4n) is 2.16.